The molecule has 0 aliphatic carbocycles. The van der Waals surface area contributed by atoms with Crippen LogP contribution in [0.25, 0.3) is 0 Å². The first kappa shape index (κ1) is 20.9. The van der Waals surface area contributed by atoms with E-state index in [-0.39, 0.29) is 11.9 Å². The van der Waals surface area contributed by atoms with E-state index in [1.165, 1.54) is 26.6 Å². The third-order valence-corrected chi connectivity index (χ3v) is 7.40. The number of fused-ring (bicyclic) bond motifs is 1. The van der Waals surface area contributed by atoms with Gasteiger partial charge >= 0.3 is 0 Å². The molecule has 2 aromatic carbocycles. The first-order chi connectivity index (χ1) is 14.2. The van der Waals surface area contributed by atoms with Crippen molar-refractivity contribution in [2.75, 3.05) is 36.7 Å². The molecule has 2 heterocycles. The molecule has 2 aliphatic heterocycles. The number of carbonyl (C=O) groups excluding carboxylic acids is 1. The molecule has 0 radical (unpaired) electrons. The molecule has 1 atom stereocenters. The summed E-state index contributed by atoms with van der Waals surface area (Å²) < 4.78 is 25.7. The van der Waals surface area contributed by atoms with Crippen LogP contribution in [-0.4, -0.2) is 57.7 Å². The third kappa shape index (κ3) is 4.23. The van der Waals surface area contributed by atoms with Crippen molar-refractivity contribution in [2.45, 2.75) is 32.9 Å². The molecule has 0 spiro atoms. The van der Waals surface area contributed by atoms with Crippen LogP contribution in [0.3, 0.4) is 0 Å². The Morgan fingerprint density at radius 2 is 1.87 bits per heavy atom. The summed E-state index contributed by atoms with van der Waals surface area (Å²) in [4.78, 5) is 16.5. The van der Waals surface area contributed by atoms with Gasteiger partial charge in [0, 0.05) is 17.2 Å². The average Bonchev–Trinajstić information content (AvgIpc) is 3.03. The van der Waals surface area contributed by atoms with Crippen LogP contribution in [-0.2, 0) is 23.0 Å². The molecule has 1 saturated heterocycles. The predicted molar refractivity (Wildman–Crippen MR) is 118 cm³/mol. The molecule has 4 rings (SSSR count). The van der Waals surface area contributed by atoms with E-state index in [2.05, 4.69) is 31.2 Å². The fourth-order valence-electron chi connectivity index (χ4n) is 4.74. The molecule has 1 fully saturated rings. The lowest BCUT2D eigenvalue weighted by Crippen LogP contribution is -3.13. The highest BCUT2D eigenvalue weighted by molar-refractivity contribution is 7.92. The van der Waals surface area contributed by atoms with Crippen LogP contribution in [0, 0.1) is 6.92 Å². The molecule has 1 amide bonds. The van der Waals surface area contributed by atoms with E-state index in [4.69, 9.17) is 0 Å². The fraction of sp³-hybridized carbons (Fsp3) is 0.435. The second kappa shape index (κ2) is 8.04. The molecular formula is C23H30N3O3S+. The molecule has 0 aromatic heterocycles. The first-order valence-corrected chi connectivity index (χ1v) is 12.4. The standard InChI is InChI=1S/C23H29N3O3S/c1-17-5-4-6-19(13-17)16-24-9-11-25(12-10-24)23(27)20-7-8-22-21(15-20)14-18(2)26(22)30(3,28)29/h4-8,13,15,18H,9-12,14,16H2,1-3H3/p+1/t18-/m1/s1. The van der Waals surface area contributed by atoms with E-state index in [9.17, 15) is 13.2 Å². The van der Waals surface area contributed by atoms with Gasteiger partial charge in [-0.2, -0.15) is 0 Å². The SMILES string of the molecule is Cc1cccc(C[NH+]2CCN(C(=O)c3ccc4c(c3)C[C@@H](C)N4S(C)(=O)=O)CC2)c1. The Kier molecular flexibility index (Phi) is 5.59. The lowest BCUT2D eigenvalue weighted by molar-refractivity contribution is -0.917. The summed E-state index contributed by atoms with van der Waals surface area (Å²) in [5.74, 6) is 0.0397. The zero-order valence-electron chi connectivity index (χ0n) is 17.9. The van der Waals surface area contributed by atoms with E-state index in [1.807, 2.05) is 17.9 Å². The Morgan fingerprint density at radius 1 is 1.13 bits per heavy atom. The van der Waals surface area contributed by atoms with Crippen molar-refractivity contribution in [1.29, 1.82) is 0 Å². The van der Waals surface area contributed by atoms with Crippen LogP contribution >= 0.6 is 0 Å². The molecular weight excluding hydrogens is 398 g/mol. The second-order valence-electron chi connectivity index (χ2n) is 8.66. The van der Waals surface area contributed by atoms with Crippen molar-refractivity contribution >= 4 is 21.6 Å². The first-order valence-electron chi connectivity index (χ1n) is 10.5. The fourth-order valence-corrected chi connectivity index (χ4v) is 6.00. The lowest BCUT2D eigenvalue weighted by Gasteiger charge is -2.32. The van der Waals surface area contributed by atoms with Crippen molar-refractivity contribution in [2.24, 2.45) is 0 Å². The largest absolute Gasteiger partial charge is 0.328 e. The zero-order valence-corrected chi connectivity index (χ0v) is 18.7. The minimum Gasteiger partial charge on any atom is -0.328 e. The number of aryl methyl sites for hydroxylation is 1. The Labute approximate surface area is 179 Å². The van der Waals surface area contributed by atoms with E-state index in [1.54, 1.807) is 12.1 Å². The monoisotopic (exact) mass is 428 g/mol. The van der Waals surface area contributed by atoms with Gasteiger partial charge in [-0.1, -0.05) is 29.8 Å². The average molecular weight is 429 g/mol. The van der Waals surface area contributed by atoms with E-state index >= 15 is 0 Å². The van der Waals surface area contributed by atoms with Crippen molar-refractivity contribution in [3.8, 4) is 0 Å². The minimum absolute atomic E-state index is 0.0397. The molecule has 2 aromatic rings. The number of carbonyl (C=O) groups is 1. The van der Waals surface area contributed by atoms with Crippen LogP contribution < -0.4 is 9.21 Å². The highest BCUT2D eigenvalue weighted by atomic mass is 32.2. The maximum Gasteiger partial charge on any atom is 0.254 e. The summed E-state index contributed by atoms with van der Waals surface area (Å²) in [7, 11) is -3.32. The summed E-state index contributed by atoms with van der Waals surface area (Å²) in [6.45, 7) is 8.35. The molecule has 0 saturated carbocycles. The number of sulfonamides is 1. The Morgan fingerprint density at radius 3 is 2.53 bits per heavy atom. The number of nitrogens with one attached hydrogen (secondary N) is 1. The predicted octanol–water partition coefficient (Wildman–Crippen LogP) is 1.25. The molecule has 2 aliphatic rings. The molecule has 0 unspecified atom stereocenters. The summed E-state index contributed by atoms with van der Waals surface area (Å²) in [6.07, 6.45) is 1.87. The van der Waals surface area contributed by atoms with Gasteiger partial charge in [-0.25, -0.2) is 8.42 Å². The third-order valence-electron chi connectivity index (χ3n) is 6.13. The van der Waals surface area contributed by atoms with Crippen LogP contribution in [0.5, 0.6) is 0 Å². The maximum atomic E-state index is 13.1. The van der Waals surface area contributed by atoms with E-state index < -0.39 is 10.0 Å². The molecule has 7 heteroatoms. The van der Waals surface area contributed by atoms with Gasteiger partial charge in [-0.3, -0.25) is 9.10 Å². The van der Waals surface area contributed by atoms with Crippen LogP contribution in [0.4, 0.5) is 5.69 Å². The topological polar surface area (TPSA) is 62.1 Å². The lowest BCUT2D eigenvalue weighted by atomic mass is 10.1. The molecule has 160 valence electrons. The van der Waals surface area contributed by atoms with Crippen molar-refractivity contribution in [1.82, 2.24) is 4.90 Å². The number of hydrogen-bond acceptors (Lipinski definition) is 3. The number of quaternary nitrogens is 1. The van der Waals surface area contributed by atoms with Gasteiger partial charge in [0.1, 0.15) is 6.54 Å². The summed E-state index contributed by atoms with van der Waals surface area (Å²) in [5, 5.41) is 0. The number of nitrogens with zero attached hydrogens (tertiary/aromatic N) is 2. The minimum atomic E-state index is -3.32. The Balaban J connectivity index is 1.41. The normalized spacial score (nSPS) is 19.8. The highest BCUT2D eigenvalue weighted by Gasteiger charge is 2.33. The maximum absolute atomic E-state index is 13.1. The van der Waals surface area contributed by atoms with Gasteiger partial charge in [0.15, 0.2) is 0 Å². The number of rotatable bonds is 4. The van der Waals surface area contributed by atoms with Crippen LogP contribution in [0.1, 0.15) is 34.0 Å². The van der Waals surface area contributed by atoms with Gasteiger partial charge in [0.2, 0.25) is 10.0 Å². The molecule has 0 bridgehead atoms. The Hall–Kier alpha value is -2.38. The second-order valence-corrected chi connectivity index (χ2v) is 10.5. The Bertz CT molecular complexity index is 1060. The number of hydrogen-bond donors (Lipinski definition) is 1. The van der Waals surface area contributed by atoms with E-state index in [0.717, 1.165) is 38.3 Å². The van der Waals surface area contributed by atoms with Crippen molar-refractivity contribution < 1.29 is 18.1 Å². The summed E-state index contributed by atoms with van der Waals surface area (Å²) >= 11 is 0. The van der Waals surface area contributed by atoms with Gasteiger partial charge < -0.3 is 9.80 Å². The zero-order chi connectivity index (χ0) is 21.5. The van der Waals surface area contributed by atoms with Crippen LogP contribution in [0.15, 0.2) is 42.5 Å². The number of benzene rings is 2. The smallest absolute Gasteiger partial charge is 0.254 e. The van der Waals surface area contributed by atoms with Crippen LogP contribution in [0.2, 0.25) is 0 Å². The van der Waals surface area contributed by atoms with Crippen molar-refractivity contribution in [3.63, 3.8) is 0 Å². The quantitative estimate of drug-likeness (QED) is 0.797. The number of amides is 1. The number of piperazine rings is 1. The van der Waals surface area contributed by atoms with Gasteiger partial charge in [-0.05, 0) is 44.0 Å². The van der Waals surface area contributed by atoms with Gasteiger partial charge in [-0.15, -0.1) is 0 Å². The molecule has 30 heavy (non-hydrogen) atoms. The van der Waals surface area contributed by atoms with Crippen molar-refractivity contribution in [3.05, 3.63) is 64.7 Å². The number of anilines is 1. The van der Waals surface area contributed by atoms with Gasteiger partial charge in [0.05, 0.1) is 38.1 Å². The molecule has 1 N–H and O–H groups in total. The summed E-state index contributed by atoms with van der Waals surface area (Å²) in [6, 6.07) is 13.9. The van der Waals surface area contributed by atoms with E-state index in [0.29, 0.717) is 17.7 Å². The molecule has 6 nitrogen and oxygen atoms in total. The summed E-state index contributed by atoms with van der Waals surface area (Å²) in [5.41, 5.74) is 4.91. The van der Waals surface area contributed by atoms with Gasteiger partial charge in [0.25, 0.3) is 5.91 Å². The highest BCUT2D eigenvalue weighted by Crippen LogP contribution is 2.34.